The van der Waals surface area contributed by atoms with Gasteiger partial charge in [-0.25, -0.2) is 22.5 Å². The summed E-state index contributed by atoms with van der Waals surface area (Å²) >= 11 is 0. The number of ether oxygens (including phenoxy) is 2. The fraction of sp³-hybridized carbons (Fsp3) is 0.365. The first-order valence-electron chi connectivity index (χ1n) is 24.5. The minimum atomic E-state index is -3.41. The van der Waals surface area contributed by atoms with Crippen molar-refractivity contribution in [3.8, 4) is 45.8 Å². The molecule has 0 spiro atoms. The zero-order valence-electron chi connectivity index (χ0n) is 41.3. The lowest BCUT2D eigenvalue weighted by Gasteiger charge is -2.36. The normalized spacial score (nSPS) is 14.8. The molecule has 384 valence electrons. The summed E-state index contributed by atoms with van der Waals surface area (Å²) in [4.78, 5) is 26.5. The minimum Gasteiger partial charge on any atom is -0.508 e. The van der Waals surface area contributed by atoms with Crippen LogP contribution in [-0.4, -0.2) is 165 Å². The zero-order valence-corrected chi connectivity index (χ0v) is 42.1. The van der Waals surface area contributed by atoms with Crippen LogP contribution in [0.4, 0.5) is 23.0 Å². The number of fused-ring (bicyclic) bond motifs is 1. The van der Waals surface area contributed by atoms with Crippen molar-refractivity contribution in [1.29, 1.82) is 0 Å². The third-order valence-electron chi connectivity index (χ3n) is 13.1. The van der Waals surface area contributed by atoms with Crippen LogP contribution >= 0.6 is 0 Å². The van der Waals surface area contributed by atoms with Crippen molar-refractivity contribution in [1.82, 2.24) is 44.1 Å². The van der Waals surface area contributed by atoms with E-state index in [0.29, 0.717) is 80.9 Å². The van der Waals surface area contributed by atoms with Crippen LogP contribution in [0.1, 0.15) is 37.3 Å². The topological polar surface area (TPSA) is 228 Å². The molecule has 2 fully saturated rings. The number of phenols is 2. The molecule has 0 bridgehead atoms. The molecule has 0 radical (unpaired) electrons. The Hall–Kier alpha value is -7.30. The van der Waals surface area contributed by atoms with Crippen molar-refractivity contribution in [3.63, 3.8) is 0 Å². The van der Waals surface area contributed by atoms with Crippen LogP contribution in [0.5, 0.6) is 17.5 Å². The summed E-state index contributed by atoms with van der Waals surface area (Å²) < 4.78 is 41.0. The zero-order chi connectivity index (χ0) is 51.1. The molecular weight excluding hydrogens is 953 g/mol. The highest BCUT2D eigenvalue weighted by Gasteiger charge is 2.24. The largest absolute Gasteiger partial charge is 0.508 e. The molecule has 0 saturated carbocycles. The molecule has 0 unspecified atom stereocenters. The van der Waals surface area contributed by atoms with Gasteiger partial charge in [0.1, 0.15) is 11.5 Å². The molecular formula is C52H62N12O8S. The number of aromatic nitrogens is 6. The minimum absolute atomic E-state index is 0.000538. The Labute approximate surface area is 424 Å². The Kier molecular flexibility index (Phi) is 15.7. The number of piperazine rings is 2. The number of nitrogens with zero attached hydrogens (tertiary/aromatic N) is 10. The molecule has 21 heteroatoms. The number of carbonyl (C=O) groups is 1. The number of anilines is 4. The maximum atomic E-state index is 13.0. The molecule has 4 aromatic carbocycles. The van der Waals surface area contributed by atoms with Gasteiger partial charge in [0.2, 0.25) is 21.9 Å². The van der Waals surface area contributed by atoms with Crippen LogP contribution in [-0.2, 0) is 30.8 Å². The van der Waals surface area contributed by atoms with Crippen molar-refractivity contribution < 1.29 is 38.0 Å². The molecule has 5 N–H and O–H groups in total. The number of amides is 1. The summed E-state index contributed by atoms with van der Waals surface area (Å²) in [5, 5.41) is 47.6. The molecule has 73 heavy (non-hydrogen) atoms. The number of sulfonamides is 1. The van der Waals surface area contributed by atoms with Crippen molar-refractivity contribution >= 4 is 44.5 Å². The van der Waals surface area contributed by atoms with Gasteiger partial charge in [-0.3, -0.25) is 19.3 Å². The number of nitrogens with one attached hydrogen (secondary N) is 2. The van der Waals surface area contributed by atoms with E-state index in [0.717, 1.165) is 85.8 Å². The second kappa shape index (κ2) is 22.6. The second-order valence-electron chi connectivity index (χ2n) is 18.6. The number of benzene rings is 4. The van der Waals surface area contributed by atoms with E-state index < -0.39 is 10.0 Å². The lowest BCUT2D eigenvalue weighted by atomic mass is 9.98. The SMILES string of the molecule is CC(C)c1cc(-c2nnc(O)n2-c2ccc(CN3CCN(C(=O)CCOCCOCCN4CCN(c5ccc(Nc6ncc7ccc(-c8cccc(NS(C)(=O)=O)c8)n7n6)cc5)CC4)CC3)cc2)c(O)cc1O. The summed E-state index contributed by atoms with van der Waals surface area (Å²) in [5.41, 5.74) is 7.60. The smallest absolute Gasteiger partial charge is 0.319 e. The fourth-order valence-corrected chi connectivity index (χ4v) is 9.72. The van der Waals surface area contributed by atoms with Crippen molar-refractivity contribution in [2.45, 2.75) is 32.7 Å². The van der Waals surface area contributed by atoms with Gasteiger partial charge in [-0.2, -0.15) is 0 Å². The highest BCUT2D eigenvalue weighted by atomic mass is 32.2. The Morgan fingerprint density at radius 1 is 0.740 bits per heavy atom. The van der Waals surface area contributed by atoms with Crippen LogP contribution in [0.3, 0.4) is 0 Å². The third kappa shape index (κ3) is 12.7. The van der Waals surface area contributed by atoms with E-state index in [1.54, 1.807) is 35.0 Å². The molecule has 20 nitrogen and oxygen atoms in total. The van der Waals surface area contributed by atoms with Gasteiger partial charge < -0.3 is 39.9 Å². The second-order valence-corrected chi connectivity index (χ2v) is 20.4. The maximum Gasteiger partial charge on any atom is 0.319 e. The molecule has 1 amide bonds. The first kappa shape index (κ1) is 50.6. The van der Waals surface area contributed by atoms with Gasteiger partial charge in [0.25, 0.3) is 0 Å². The van der Waals surface area contributed by atoms with E-state index in [1.807, 2.05) is 73.3 Å². The molecule has 9 rings (SSSR count). The number of rotatable bonds is 20. The van der Waals surface area contributed by atoms with Gasteiger partial charge in [-0.15, -0.1) is 10.2 Å². The van der Waals surface area contributed by atoms with E-state index >= 15 is 0 Å². The van der Waals surface area contributed by atoms with Gasteiger partial charge in [0.15, 0.2) is 5.82 Å². The number of aromatic hydroxyl groups is 3. The van der Waals surface area contributed by atoms with Crippen LogP contribution in [0, 0.1) is 0 Å². The van der Waals surface area contributed by atoms with Gasteiger partial charge in [-0.05, 0) is 83.8 Å². The molecule has 5 heterocycles. The fourth-order valence-electron chi connectivity index (χ4n) is 9.17. The van der Waals surface area contributed by atoms with Gasteiger partial charge in [0, 0.05) is 94.1 Å². The molecule has 0 aliphatic carbocycles. The predicted octanol–water partition coefficient (Wildman–Crippen LogP) is 5.89. The third-order valence-corrected chi connectivity index (χ3v) is 13.7. The lowest BCUT2D eigenvalue weighted by molar-refractivity contribution is -0.134. The monoisotopic (exact) mass is 1010 g/mol. The quantitative estimate of drug-likeness (QED) is 0.0561. The average molecular weight is 1020 g/mol. The van der Waals surface area contributed by atoms with E-state index in [9.17, 15) is 28.5 Å². The van der Waals surface area contributed by atoms with E-state index in [-0.39, 0.29) is 35.2 Å². The predicted molar refractivity (Wildman–Crippen MR) is 279 cm³/mol. The summed E-state index contributed by atoms with van der Waals surface area (Å²) in [6.07, 6.45) is 3.20. The van der Waals surface area contributed by atoms with E-state index in [4.69, 9.17) is 14.6 Å². The van der Waals surface area contributed by atoms with Crippen LogP contribution in [0.15, 0.2) is 103 Å². The van der Waals surface area contributed by atoms with Crippen molar-refractivity contribution in [2.24, 2.45) is 0 Å². The first-order chi connectivity index (χ1) is 35.2. The molecule has 3 aromatic heterocycles. The van der Waals surface area contributed by atoms with Gasteiger partial charge in [0.05, 0.1) is 67.8 Å². The highest BCUT2D eigenvalue weighted by Crippen LogP contribution is 2.39. The van der Waals surface area contributed by atoms with Crippen molar-refractivity contribution in [3.05, 3.63) is 114 Å². The summed E-state index contributed by atoms with van der Waals surface area (Å²) in [6.45, 7) is 13.7. The Bertz CT molecular complexity index is 3110. The van der Waals surface area contributed by atoms with Gasteiger partial charge in [-0.1, -0.05) is 43.2 Å². The molecule has 2 saturated heterocycles. The summed E-state index contributed by atoms with van der Waals surface area (Å²) in [6, 6.07) is 29.6. The summed E-state index contributed by atoms with van der Waals surface area (Å²) in [7, 11) is -3.41. The lowest BCUT2D eigenvalue weighted by Crippen LogP contribution is -2.48. The van der Waals surface area contributed by atoms with Crippen molar-refractivity contribution in [2.75, 3.05) is 107 Å². The average Bonchev–Trinajstić information content (AvgIpc) is 3.98. The van der Waals surface area contributed by atoms with Crippen LogP contribution in [0.25, 0.3) is 33.8 Å². The maximum absolute atomic E-state index is 13.0. The Morgan fingerprint density at radius 2 is 1.45 bits per heavy atom. The first-order valence-corrected chi connectivity index (χ1v) is 26.4. The Morgan fingerprint density at radius 3 is 2.18 bits per heavy atom. The van der Waals surface area contributed by atoms with Gasteiger partial charge >= 0.3 is 6.01 Å². The molecule has 7 aromatic rings. The summed E-state index contributed by atoms with van der Waals surface area (Å²) in [5.74, 6) is 0.602. The standard InChI is InChI=1S/C52H62N12O8S/c1-36(2)44-32-45(48(66)33-47(44)65)50-55-56-52(68)63(50)42-11-7-37(8-12-42)35-60-20-24-62(25-21-60)49(67)17-27-71-29-30-72-28-26-59-18-22-61(23-19-59)41-13-9-39(10-14-41)54-51-53-34-43-15-16-46(64(43)57-51)38-5-4-6-40(31-38)58-73(3,69)70/h4-16,31-34,36,58,65-66H,17-30,35H2,1-3H3,(H,54,57)(H,56,68). The Balaban J connectivity index is 0.631. The van der Waals surface area contributed by atoms with Crippen LogP contribution < -0.4 is 14.9 Å². The number of carbonyl (C=O) groups excluding carboxylic acids is 1. The number of phenolic OH excluding ortho intramolecular Hbond substituents is 2. The number of hydrogen-bond acceptors (Lipinski definition) is 16. The van der Waals surface area contributed by atoms with E-state index in [2.05, 4.69) is 52.1 Å². The number of hydrogen-bond donors (Lipinski definition) is 5. The van der Waals surface area contributed by atoms with Crippen LogP contribution in [0.2, 0.25) is 0 Å². The molecule has 0 atom stereocenters. The molecule has 2 aliphatic heterocycles. The van der Waals surface area contributed by atoms with E-state index in [1.165, 1.54) is 10.6 Å². The molecule has 2 aliphatic rings. The highest BCUT2D eigenvalue weighted by molar-refractivity contribution is 7.92.